The number of alkyl halides is 3. The summed E-state index contributed by atoms with van der Waals surface area (Å²) in [6, 6.07) is 5.21. The molecule has 0 unspecified atom stereocenters. The van der Waals surface area contributed by atoms with E-state index in [2.05, 4.69) is 15.1 Å². The van der Waals surface area contributed by atoms with Gasteiger partial charge in [-0.25, -0.2) is 14.6 Å². The van der Waals surface area contributed by atoms with E-state index in [0.29, 0.717) is 23.0 Å². The minimum absolute atomic E-state index is 0.256. The lowest BCUT2D eigenvalue weighted by Gasteiger charge is -2.08. The van der Waals surface area contributed by atoms with Gasteiger partial charge in [-0.3, -0.25) is 0 Å². The number of benzene rings is 1. The molecule has 0 amide bonds. The molecule has 0 saturated carbocycles. The van der Waals surface area contributed by atoms with Gasteiger partial charge >= 0.3 is 6.18 Å². The molecule has 0 aliphatic carbocycles. The molecule has 0 bridgehead atoms. The summed E-state index contributed by atoms with van der Waals surface area (Å²) in [6.07, 6.45) is -3.84. The van der Waals surface area contributed by atoms with Crippen molar-refractivity contribution in [2.75, 3.05) is 0 Å². The van der Waals surface area contributed by atoms with Crippen LogP contribution in [0.1, 0.15) is 17.2 Å². The first-order valence-corrected chi connectivity index (χ1v) is 7.53. The monoisotopic (exact) mass is 353 g/mol. The molecular weight excluding hydrogens is 343 g/mol. The summed E-state index contributed by atoms with van der Waals surface area (Å²) in [4.78, 5) is 8.40. The van der Waals surface area contributed by atoms with Crippen molar-refractivity contribution >= 4 is 11.6 Å². The highest BCUT2D eigenvalue weighted by Gasteiger charge is 2.32. The van der Waals surface area contributed by atoms with Crippen LogP contribution in [0.4, 0.5) is 13.2 Å². The van der Waals surface area contributed by atoms with Gasteiger partial charge in [-0.15, -0.1) is 0 Å². The molecule has 9 heteroatoms. The van der Waals surface area contributed by atoms with Crippen LogP contribution in [0.2, 0.25) is 5.02 Å². The molecule has 2 aromatic heterocycles. The van der Waals surface area contributed by atoms with Gasteiger partial charge < -0.3 is 4.57 Å². The summed E-state index contributed by atoms with van der Waals surface area (Å²) in [5, 5.41) is 4.52. The highest BCUT2D eigenvalue weighted by atomic mass is 35.5. The second-order valence-corrected chi connectivity index (χ2v) is 6.05. The maximum atomic E-state index is 12.7. The fourth-order valence-electron chi connectivity index (χ4n) is 2.85. The third-order valence-electron chi connectivity index (χ3n) is 3.91. The van der Waals surface area contributed by atoms with Crippen LogP contribution in [0.25, 0.3) is 17.1 Å². The Kier molecular flexibility index (Phi) is 3.21. The third-order valence-corrected chi connectivity index (χ3v) is 4.14. The van der Waals surface area contributed by atoms with Crippen LogP contribution >= 0.6 is 11.6 Å². The lowest BCUT2D eigenvalue weighted by atomic mass is 10.1. The van der Waals surface area contributed by atoms with Gasteiger partial charge in [0.25, 0.3) is 0 Å². The van der Waals surface area contributed by atoms with Crippen molar-refractivity contribution < 1.29 is 13.2 Å². The van der Waals surface area contributed by atoms with E-state index >= 15 is 0 Å². The molecule has 0 saturated heterocycles. The van der Waals surface area contributed by atoms with E-state index in [1.807, 2.05) is 11.5 Å². The van der Waals surface area contributed by atoms with Gasteiger partial charge in [0.1, 0.15) is 6.42 Å². The summed E-state index contributed by atoms with van der Waals surface area (Å²) < 4.78 is 41.4. The zero-order valence-electron chi connectivity index (χ0n) is 12.5. The van der Waals surface area contributed by atoms with Gasteiger partial charge in [-0.05, 0) is 25.1 Å². The van der Waals surface area contributed by atoms with E-state index in [1.165, 1.54) is 4.68 Å². The van der Waals surface area contributed by atoms with Crippen LogP contribution in [-0.4, -0.2) is 30.5 Å². The van der Waals surface area contributed by atoms with E-state index in [-0.39, 0.29) is 5.82 Å². The molecule has 1 aliphatic rings. The van der Waals surface area contributed by atoms with Crippen molar-refractivity contribution in [3.8, 4) is 17.1 Å². The third kappa shape index (κ3) is 2.47. The van der Waals surface area contributed by atoms with Gasteiger partial charge in [-0.2, -0.15) is 18.3 Å². The lowest BCUT2D eigenvalue weighted by Crippen LogP contribution is -2.13. The number of fused-ring (bicyclic) bond motifs is 5. The molecule has 124 valence electrons. The minimum atomic E-state index is -4.36. The van der Waals surface area contributed by atoms with Crippen molar-refractivity contribution in [1.82, 2.24) is 24.3 Å². The van der Waals surface area contributed by atoms with Crippen LogP contribution in [0.15, 0.2) is 24.5 Å². The molecule has 3 heterocycles. The Labute approximate surface area is 139 Å². The maximum absolute atomic E-state index is 12.7. The first-order valence-electron chi connectivity index (χ1n) is 7.15. The average molecular weight is 354 g/mol. The number of rotatable bonds is 1. The first kappa shape index (κ1) is 15.2. The Balaban J connectivity index is 1.94. The van der Waals surface area contributed by atoms with Crippen LogP contribution in [0.3, 0.4) is 0 Å². The lowest BCUT2D eigenvalue weighted by molar-refractivity contribution is -0.128. The Morgan fingerprint density at radius 3 is 2.83 bits per heavy atom. The molecule has 0 fully saturated rings. The van der Waals surface area contributed by atoms with Crippen molar-refractivity contribution in [3.05, 3.63) is 46.8 Å². The van der Waals surface area contributed by atoms with Gasteiger partial charge in [0.2, 0.25) is 0 Å². The van der Waals surface area contributed by atoms with Gasteiger partial charge in [0, 0.05) is 10.6 Å². The largest absolute Gasteiger partial charge is 0.396 e. The first-order chi connectivity index (χ1) is 11.3. The van der Waals surface area contributed by atoms with Crippen molar-refractivity contribution in [3.63, 3.8) is 0 Å². The summed E-state index contributed by atoms with van der Waals surface area (Å²) in [7, 11) is 0. The normalized spacial score (nSPS) is 13.2. The summed E-state index contributed by atoms with van der Waals surface area (Å²) in [5.74, 6) is 0.115. The van der Waals surface area contributed by atoms with E-state index in [9.17, 15) is 13.2 Å². The number of nitrogens with zero attached hydrogens (tertiary/aromatic N) is 5. The SMILES string of the molecule is Cc1ncn2c1Cn1nc(CC(F)(F)F)nc1-c1cc(Cl)ccc1-2. The fourth-order valence-corrected chi connectivity index (χ4v) is 3.03. The van der Waals surface area contributed by atoms with Gasteiger partial charge in [0.15, 0.2) is 11.6 Å². The molecule has 5 nitrogen and oxygen atoms in total. The zero-order valence-corrected chi connectivity index (χ0v) is 13.2. The number of halogens is 4. The number of aromatic nitrogens is 5. The van der Waals surface area contributed by atoms with Crippen LogP contribution in [0.5, 0.6) is 0 Å². The van der Waals surface area contributed by atoms with Crippen LogP contribution in [-0.2, 0) is 13.0 Å². The maximum Gasteiger partial charge on any atom is 0.396 e. The second kappa shape index (κ2) is 5.07. The highest BCUT2D eigenvalue weighted by molar-refractivity contribution is 6.31. The predicted octanol–water partition coefficient (Wildman–Crippen LogP) is 3.56. The Morgan fingerprint density at radius 1 is 1.29 bits per heavy atom. The van der Waals surface area contributed by atoms with E-state index in [0.717, 1.165) is 17.1 Å². The Bertz CT molecular complexity index is 941. The molecule has 0 N–H and O–H groups in total. The van der Waals surface area contributed by atoms with Crippen LogP contribution in [0, 0.1) is 6.92 Å². The Hall–Kier alpha value is -2.35. The highest BCUT2D eigenvalue weighted by Crippen LogP contribution is 2.34. The topological polar surface area (TPSA) is 48.5 Å². The molecule has 1 aliphatic heterocycles. The molecule has 1 aromatic carbocycles. The average Bonchev–Trinajstić information content (AvgIpc) is 2.99. The number of hydrogen-bond acceptors (Lipinski definition) is 3. The summed E-state index contributed by atoms with van der Waals surface area (Å²) >= 11 is 6.08. The van der Waals surface area contributed by atoms with Crippen LogP contribution < -0.4 is 0 Å². The predicted molar refractivity (Wildman–Crippen MR) is 81.2 cm³/mol. The molecular formula is C15H11ClF3N5. The van der Waals surface area contributed by atoms with Crippen molar-refractivity contribution in [2.45, 2.75) is 26.1 Å². The summed E-state index contributed by atoms with van der Waals surface area (Å²) in [5.41, 5.74) is 3.02. The van der Waals surface area contributed by atoms with E-state index in [1.54, 1.807) is 24.5 Å². The fraction of sp³-hybridized carbons (Fsp3) is 0.267. The number of imidazole rings is 1. The number of hydrogen-bond donors (Lipinski definition) is 0. The smallest absolute Gasteiger partial charge is 0.300 e. The molecule has 3 aromatic rings. The van der Waals surface area contributed by atoms with Gasteiger partial charge in [0.05, 0.1) is 29.9 Å². The molecule has 4 rings (SSSR count). The molecule has 0 radical (unpaired) electrons. The standard InChI is InChI=1S/C15H11ClF3N5/c1-8-12-6-24-14(21-13(22-24)5-15(17,18)19)10-4-9(16)2-3-11(10)23(12)7-20-8/h2-4,7H,5-6H2,1H3. The Morgan fingerprint density at radius 2 is 2.08 bits per heavy atom. The summed E-state index contributed by atoms with van der Waals surface area (Å²) in [6.45, 7) is 2.14. The molecule has 24 heavy (non-hydrogen) atoms. The molecule has 0 spiro atoms. The minimum Gasteiger partial charge on any atom is -0.300 e. The molecule has 0 atom stereocenters. The second-order valence-electron chi connectivity index (χ2n) is 5.61. The van der Waals surface area contributed by atoms with Crippen molar-refractivity contribution in [1.29, 1.82) is 0 Å². The van der Waals surface area contributed by atoms with E-state index in [4.69, 9.17) is 11.6 Å². The quantitative estimate of drug-likeness (QED) is 0.525. The zero-order chi connectivity index (χ0) is 17.1. The van der Waals surface area contributed by atoms with Gasteiger partial charge in [-0.1, -0.05) is 11.6 Å². The van der Waals surface area contributed by atoms with E-state index < -0.39 is 12.6 Å². The number of aryl methyl sites for hydroxylation is 1. The van der Waals surface area contributed by atoms with Crippen molar-refractivity contribution in [2.24, 2.45) is 0 Å².